The maximum absolute atomic E-state index is 12.2. The summed E-state index contributed by atoms with van der Waals surface area (Å²) in [5.41, 5.74) is 4.11. The van der Waals surface area contributed by atoms with Crippen LogP contribution in [0.4, 0.5) is 0 Å². The van der Waals surface area contributed by atoms with Crippen LogP contribution in [0.2, 0.25) is 0 Å². The molecule has 0 radical (unpaired) electrons. The number of benzene rings is 2. The lowest BCUT2D eigenvalue weighted by Crippen LogP contribution is -2.17. The summed E-state index contributed by atoms with van der Waals surface area (Å²) in [5, 5.41) is 9.85. The number of nitrogens with one attached hydrogen (secondary N) is 1. The van der Waals surface area contributed by atoms with Crippen LogP contribution >= 0.6 is 11.8 Å². The van der Waals surface area contributed by atoms with Gasteiger partial charge in [-0.05, 0) is 38.0 Å². The Hall–Kier alpha value is -2.80. The Bertz CT molecular complexity index is 1170. The zero-order valence-electron chi connectivity index (χ0n) is 16.8. The molecule has 0 fully saturated rings. The van der Waals surface area contributed by atoms with Gasteiger partial charge in [-0.25, -0.2) is 4.79 Å². The van der Waals surface area contributed by atoms with Crippen molar-refractivity contribution < 1.29 is 0 Å². The fourth-order valence-electron chi connectivity index (χ4n) is 3.53. The van der Waals surface area contributed by atoms with Gasteiger partial charge in [0.05, 0.1) is 11.0 Å². The van der Waals surface area contributed by atoms with E-state index in [1.165, 1.54) is 5.56 Å². The van der Waals surface area contributed by atoms with Crippen molar-refractivity contribution in [2.45, 2.75) is 44.9 Å². The summed E-state index contributed by atoms with van der Waals surface area (Å²) in [6.45, 7) is 5.83. The molecule has 1 N–H and O–H groups in total. The van der Waals surface area contributed by atoms with Gasteiger partial charge >= 0.3 is 5.69 Å². The largest absolute Gasteiger partial charge is 0.326 e. The maximum atomic E-state index is 12.2. The number of hydrogen-bond donors (Lipinski definition) is 1. The third-order valence-corrected chi connectivity index (χ3v) is 5.93. The highest BCUT2D eigenvalue weighted by Gasteiger charge is 2.14. The number of aromatic amines is 1. The van der Waals surface area contributed by atoms with E-state index in [1.54, 1.807) is 11.8 Å². The van der Waals surface area contributed by atoms with E-state index in [-0.39, 0.29) is 5.69 Å². The smallest absolute Gasteiger partial charge is 0.306 e. The van der Waals surface area contributed by atoms with Crippen molar-refractivity contribution >= 4 is 22.8 Å². The number of rotatable bonds is 8. The molecule has 2 aromatic heterocycles. The van der Waals surface area contributed by atoms with E-state index in [1.807, 2.05) is 28.8 Å². The Morgan fingerprint density at radius 1 is 1.03 bits per heavy atom. The molecule has 0 saturated carbocycles. The van der Waals surface area contributed by atoms with E-state index in [4.69, 9.17) is 0 Å². The van der Waals surface area contributed by atoms with Crippen LogP contribution in [0.5, 0.6) is 0 Å². The maximum Gasteiger partial charge on any atom is 0.326 e. The van der Waals surface area contributed by atoms with Crippen molar-refractivity contribution in [3.8, 4) is 11.4 Å². The number of aryl methyl sites for hydroxylation is 2. The minimum atomic E-state index is -0.0490. The number of hydrogen-bond acceptors (Lipinski definition) is 4. The van der Waals surface area contributed by atoms with Gasteiger partial charge in [-0.15, -0.1) is 10.2 Å². The van der Waals surface area contributed by atoms with E-state index in [2.05, 4.69) is 57.9 Å². The van der Waals surface area contributed by atoms with Crippen LogP contribution in [0.25, 0.3) is 22.4 Å². The normalized spacial score (nSPS) is 11.4. The Balaban J connectivity index is 1.46. The van der Waals surface area contributed by atoms with Gasteiger partial charge in [0.25, 0.3) is 0 Å². The molecule has 0 unspecified atom stereocenters. The van der Waals surface area contributed by atoms with Gasteiger partial charge in [0, 0.05) is 24.4 Å². The zero-order valence-corrected chi connectivity index (χ0v) is 17.6. The van der Waals surface area contributed by atoms with Gasteiger partial charge in [0.15, 0.2) is 11.0 Å². The first-order chi connectivity index (χ1) is 14.2. The number of nitrogens with zero attached hydrogens (tertiary/aromatic N) is 4. The molecule has 4 rings (SSSR count). The van der Waals surface area contributed by atoms with Crippen LogP contribution in [0.15, 0.2) is 58.5 Å². The van der Waals surface area contributed by atoms with Gasteiger partial charge in [-0.3, -0.25) is 4.57 Å². The van der Waals surface area contributed by atoms with E-state index in [9.17, 15) is 4.79 Å². The molecule has 6 nitrogen and oxygen atoms in total. The molecular weight excluding hydrogens is 382 g/mol. The average molecular weight is 408 g/mol. The molecule has 0 spiro atoms. The monoisotopic (exact) mass is 407 g/mol. The summed E-state index contributed by atoms with van der Waals surface area (Å²) in [6.07, 6.45) is 1.90. The van der Waals surface area contributed by atoms with E-state index >= 15 is 0 Å². The van der Waals surface area contributed by atoms with Crippen molar-refractivity contribution in [1.29, 1.82) is 0 Å². The molecule has 0 aliphatic carbocycles. The predicted octanol–water partition coefficient (Wildman–Crippen LogP) is 4.49. The van der Waals surface area contributed by atoms with Crippen LogP contribution < -0.4 is 5.69 Å². The molecule has 7 heteroatoms. The van der Waals surface area contributed by atoms with Gasteiger partial charge in [-0.2, -0.15) is 0 Å². The number of fused-ring (bicyclic) bond motifs is 1. The topological polar surface area (TPSA) is 68.5 Å². The Morgan fingerprint density at radius 2 is 1.90 bits per heavy atom. The Kier molecular flexibility index (Phi) is 5.85. The summed E-state index contributed by atoms with van der Waals surface area (Å²) in [5.74, 6) is 1.80. The fourth-order valence-corrected chi connectivity index (χ4v) is 4.42. The molecule has 0 aliphatic rings. The highest BCUT2D eigenvalue weighted by molar-refractivity contribution is 7.99. The fraction of sp³-hybridized carbons (Fsp3) is 0.318. The molecule has 0 saturated heterocycles. The number of H-pyrrole nitrogens is 1. The molecule has 0 bridgehead atoms. The summed E-state index contributed by atoms with van der Waals surface area (Å²) >= 11 is 1.70. The molecule has 2 heterocycles. The van der Waals surface area contributed by atoms with Gasteiger partial charge in [0.2, 0.25) is 0 Å². The molecule has 0 aliphatic heterocycles. The van der Waals surface area contributed by atoms with Gasteiger partial charge in [0.1, 0.15) is 0 Å². The highest BCUT2D eigenvalue weighted by Crippen LogP contribution is 2.25. The Labute approximate surface area is 174 Å². The van der Waals surface area contributed by atoms with Gasteiger partial charge in [-0.1, -0.05) is 54.6 Å². The second-order valence-electron chi connectivity index (χ2n) is 7.13. The lowest BCUT2D eigenvalue weighted by molar-refractivity contribution is 0.624. The average Bonchev–Trinajstić information content (AvgIpc) is 3.26. The second-order valence-corrected chi connectivity index (χ2v) is 8.19. The van der Waals surface area contributed by atoms with Crippen molar-refractivity contribution in [1.82, 2.24) is 24.3 Å². The first-order valence-electron chi connectivity index (χ1n) is 9.98. The quantitative estimate of drug-likeness (QED) is 0.345. The highest BCUT2D eigenvalue weighted by atomic mass is 32.2. The third kappa shape index (κ3) is 4.15. The lowest BCUT2D eigenvalue weighted by atomic mass is 10.1. The molecule has 4 aromatic rings. The molecule has 2 aromatic carbocycles. The van der Waals surface area contributed by atoms with Crippen molar-refractivity contribution in [2.24, 2.45) is 0 Å². The minimum absolute atomic E-state index is 0.0490. The van der Waals surface area contributed by atoms with Crippen molar-refractivity contribution in [2.75, 3.05) is 5.75 Å². The first kappa shape index (κ1) is 19.5. The number of aromatic nitrogens is 5. The summed E-state index contributed by atoms with van der Waals surface area (Å²) < 4.78 is 4.02. The number of para-hydroxylation sites is 2. The summed E-state index contributed by atoms with van der Waals surface area (Å²) in [7, 11) is 0. The first-order valence-corrected chi connectivity index (χ1v) is 11.0. The molecule has 0 amide bonds. The SMILES string of the molecule is CCCn1c(SCCCn2c(=O)[nH]c3ccccc32)nnc1-c1cccc(C)c1. The summed E-state index contributed by atoms with van der Waals surface area (Å²) in [6, 6.07) is 16.2. The van der Waals surface area contributed by atoms with Crippen LogP contribution in [-0.4, -0.2) is 30.1 Å². The number of imidazole rings is 1. The van der Waals surface area contributed by atoms with Crippen LogP contribution in [0.3, 0.4) is 0 Å². The molecular formula is C22H25N5OS. The lowest BCUT2D eigenvalue weighted by Gasteiger charge is -2.09. The molecule has 0 atom stereocenters. The standard InChI is InChI=1S/C22H25N5OS/c1-3-12-27-20(17-9-6-8-16(2)15-17)24-25-22(27)29-14-7-13-26-19-11-5-4-10-18(19)23-21(26)28/h4-6,8-11,15H,3,7,12-14H2,1-2H3,(H,23,28). The third-order valence-electron chi connectivity index (χ3n) is 4.88. The molecule has 150 valence electrons. The number of thioether (sulfide) groups is 1. The van der Waals surface area contributed by atoms with E-state index in [0.29, 0.717) is 6.54 Å². The van der Waals surface area contributed by atoms with Crippen LogP contribution in [0.1, 0.15) is 25.3 Å². The van der Waals surface area contributed by atoms with Crippen molar-refractivity contribution in [3.05, 3.63) is 64.6 Å². The van der Waals surface area contributed by atoms with Crippen LogP contribution in [-0.2, 0) is 13.1 Å². The minimum Gasteiger partial charge on any atom is -0.306 e. The zero-order chi connectivity index (χ0) is 20.2. The second kappa shape index (κ2) is 8.69. The Morgan fingerprint density at radius 3 is 2.72 bits per heavy atom. The van der Waals surface area contributed by atoms with Crippen molar-refractivity contribution in [3.63, 3.8) is 0 Å². The predicted molar refractivity (Wildman–Crippen MR) is 118 cm³/mol. The van der Waals surface area contributed by atoms with Crippen LogP contribution in [0, 0.1) is 6.92 Å². The summed E-state index contributed by atoms with van der Waals surface area (Å²) in [4.78, 5) is 15.1. The van der Waals surface area contributed by atoms with Gasteiger partial charge < -0.3 is 9.55 Å². The van der Waals surface area contributed by atoms with E-state index < -0.39 is 0 Å². The van der Waals surface area contributed by atoms with E-state index in [0.717, 1.165) is 52.7 Å². The molecule has 29 heavy (non-hydrogen) atoms.